The SMILES string of the molecule is CNC1CCCN(C(=O)c2cc(C)n(-c3cccc(C)c3)c2C)C1. The van der Waals surface area contributed by atoms with E-state index in [0.717, 1.165) is 48.6 Å². The summed E-state index contributed by atoms with van der Waals surface area (Å²) in [6, 6.07) is 10.8. The number of carbonyl (C=O) groups excluding carboxylic acids is 1. The maximum absolute atomic E-state index is 13.0. The highest BCUT2D eigenvalue weighted by Gasteiger charge is 2.26. The van der Waals surface area contributed by atoms with Crippen LogP contribution >= 0.6 is 0 Å². The van der Waals surface area contributed by atoms with Gasteiger partial charge in [-0.25, -0.2) is 0 Å². The summed E-state index contributed by atoms with van der Waals surface area (Å²) in [6.45, 7) is 7.85. The van der Waals surface area contributed by atoms with Crippen LogP contribution in [0.4, 0.5) is 0 Å². The average Bonchev–Trinajstić information content (AvgIpc) is 2.88. The van der Waals surface area contributed by atoms with Crippen LogP contribution in [0.3, 0.4) is 0 Å². The van der Waals surface area contributed by atoms with Gasteiger partial charge in [0, 0.05) is 36.2 Å². The monoisotopic (exact) mass is 325 g/mol. The van der Waals surface area contributed by atoms with Crippen LogP contribution in [0.1, 0.15) is 40.2 Å². The molecular formula is C20H27N3O. The molecule has 128 valence electrons. The van der Waals surface area contributed by atoms with Crippen LogP contribution in [-0.4, -0.2) is 41.6 Å². The molecule has 4 heteroatoms. The maximum Gasteiger partial charge on any atom is 0.255 e. The van der Waals surface area contributed by atoms with Crippen molar-refractivity contribution in [3.8, 4) is 5.69 Å². The van der Waals surface area contributed by atoms with Gasteiger partial charge in [-0.2, -0.15) is 0 Å². The molecular weight excluding hydrogens is 298 g/mol. The lowest BCUT2D eigenvalue weighted by atomic mass is 10.0. The molecule has 1 amide bonds. The number of carbonyl (C=O) groups is 1. The molecule has 0 bridgehead atoms. The lowest BCUT2D eigenvalue weighted by Gasteiger charge is -2.32. The van der Waals surface area contributed by atoms with Crippen LogP contribution in [0.5, 0.6) is 0 Å². The van der Waals surface area contributed by atoms with E-state index in [1.807, 2.05) is 24.9 Å². The number of hydrogen-bond donors (Lipinski definition) is 1. The molecule has 1 aromatic heterocycles. The van der Waals surface area contributed by atoms with E-state index in [1.165, 1.54) is 5.56 Å². The molecule has 1 atom stereocenters. The number of hydrogen-bond acceptors (Lipinski definition) is 2. The van der Waals surface area contributed by atoms with Gasteiger partial charge in [-0.3, -0.25) is 4.79 Å². The van der Waals surface area contributed by atoms with Crippen LogP contribution in [0.15, 0.2) is 30.3 Å². The van der Waals surface area contributed by atoms with E-state index in [-0.39, 0.29) is 5.91 Å². The van der Waals surface area contributed by atoms with E-state index < -0.39 is 0 Å². The molecule has 2 heterocycles. The van der Waals surface area contributed by atoms with Crippen molar-refractivity contribution < 1.29 is 4.79 Å². The lowest BCUT2D eigenvalue weighted by molar-refractivity contribution is 0.0697. The highest BCUT2D eigenvalue weighted by molar-refractivity contribution is 5.96. The molecule has 1 N–H and O–H groups in total. The molecule has 0 saturated carbocycles. The van der Waals surface area contributed by atoms with E-state index in [2.05, 4.69) is 48.0 Å². The maximum atomic E-state index is 13.0. The minimum atomic E-state index is 0.155. The number of likely N-dealkylation sites (N-methyl/N-ethyl adjacent to an activating group) is 1. The van der Waals surface area contributed by atoms with Gasteiger partial charge in [-0.05, 0) is 64.4 Å². The van der Waals surface area contributed by atoms with Crippen LogP contribution in [-0.2, 0) is 0 Å². The number of aryl methyl sites for hydroxylation is 2. The summed E-state index contributed by atoms with van der Waals surface area (Å²) in [5.41, 5.74) is 5.29. The minimum Gasteiger partial charge on any atom is -0.337 e. The van der Waals surface area contributed by atoms with Crippen LogP contribution < -0.4 is 5.32 Å². The fourth-order valence-electron chi connectivity index (χ4n) is 3.71. The smallest absolute Gasteiger partial charge is 0.255 e. The number of rotatable bonds is 3. The van der Waals surface area contributed by atoms with E-state index in [0.29, 0.717) is 6.04 Å². The van der Waals surface area contributed by atoms with E-state index in [1.54, 1.807) is 0 Å². The summed E-state index contributed by atoms with van der Waals surface area (Å²) in [7, 11) is 1.97. The summed E-state index contributed by atoms with van der Waals surface area (Å²) >= 11 is 0. The third-order valence-electron chi connectivity index (χ3n) is 5.04. The van der Waals surface area contributed by atoms with Gasteiger partial charge in [0.15, 0.2) is 0 Å². The fraction of sp³-hybridized carbons (Fsp3) is 0.450. The first kappa shape index (κ1) is 16.8. The summed E-state index contributed by atoms with van der Waals surface area (Å²) in [5.74, 6) is 0.155. The molecule has 0 aliphatic carbocycles. The molecule has 4 nitrogen and oxygen atoms in total. The second-order valence-corrected chi connectivity index (χ2v) is 6.84. The number of benzene rings is 1. The molecule has 3 rings (SSSR count). The standard InChI is InChI=1S/C20H27N3O/c1-14-7-5-9-18(11-14)23-15(2)12-19(16(23)3)20(24)22-10-6-8-17(13-22)21-4/h5,7,9,11-12,17,21H,6,8,10,13H2,1-4H3. The summed E-state index contributed by atoms with van der Waals surface area (Å²) in [5, 5.41) is 3.30. The van der Waals surface area contributed by atoms with E-state index >= 15 is 0 Å². The number of aromatic nitrogens is 1. The van der Waals surface area contributed by atoms with Crippen molar-refractivity contribution in [3.05, 3.63) is 52.8 Å². The van der Waals surface area contributed by atoms with Gasteiger partial charge in [-0.15, -0.1) is 0 Å². The molecule has 0 spiro atoms. The second-order valence-electron chi connectivity index (χ2n) is 6.84. The fourth-order valence-corrected chi connectivity index (χ4v) is 3.71. The highest BCUT2D eigenvalue weighted by atomic mass is 16.2. The molecule has 1 aromatic carbocycles. The van der Waals surface area contributed by atoms with Crippen LogP contribution in [0.2, 0.25) is 0 Å². The van der Waals surface area contributed by atoms with E-state index in [9.17, 15) is 4.79 Å². The number of nitrogens with zero attached hydrogens (tertiary/aromatic N) is 2. The predicted molar refractivity (Wildman–Crippen MR) is 98.0 cm³/mol. The Morgan fingerprint density at radius 2 is 2.00 bits per heavy atom. The summed E-state index contributed by atoms with van der Waals surface area (Å²) in [4.78, 5) is 15.0. The number of likely N-dealkylation sites (tertiary alicyclic amines) is 1. The van der Waals surface area contributed by atoms with Crippen molar-refractivity contribution in [1.82, 2.24) is 14.8 Å². The summed E-state index contributed by atoms with van der Waals surface area (Å²) < 4.78 is 2.18. The first-order valence-electron chi connectivity index (χ1n) is 8.73. The Balaban J connectivity index is 1.92. The first-order chi connectivity index (χ1) is 11.5. The van der Waals surface area contributed by atoms with Gasteiger partial charge in [-0.1, -0.05) is 12.1 Å². The third-order valence-corrected chi connectivity index (χ3v) is 5.04. The van der Waals surface area contributed by atoms with Gasteiger partial charge >= 0.3 is 0 Å². The normalized spacial score (nSPS) is 18.0. The minimum absolute atomic E-state index is 0.155. The Kier molecular flexibility index (Phi) is 4.76. The van der Waals surface area contributed by atoms with Gasteiger partial charge in [0.25, 0.3) is 5.91 Å². The van der Waals surface area contributed by atoms with Crippen LogP contribution in [0, 0.1) is 20.8 Å². The van der Waals surface area contributed by atoms with Crippen molar-refractivity contribution >= 4 is 5.91 Å². The molecule has 1 aliphatic rings. The quantitative estimate of drug-likeness (QED) is 0.941. The molecule has 2 aromatic rings. The van der Waals surface area contributed by atoms with Crippen molar-refractivity contribution in [2.45, 2.75) is 39.7 Å². The molecule has 1 fully saturated rings. The zero-order chi connectivity index (χ0) is 17.3. The first-order valence-corrected chi connectivity index (χ1v) is 8.73. The van der Waals surface area contributed by atoms with Crippen molar-refractivity contribution in [2.24, 2.45) is 0 Å². The highest BCUT2D eigenvalue weighted by Crippen LogP contribution is 2.24. The zero-order valence-electron chi connectivity index (χ0n) is 15.1. The number of nitrogens with one attached hydrogen (secondary N) is 1. The second kappa shape index (κ2) is 6.81. The number of piperidine rings is 1. The largest absolute Gasteiger partial charge is 0.337 e. The van der Waals surface area contributed by atoms with Gasteiger partial charge in [0.1, 0.15) is 0 Å². The Morgan fingerprint density at radius 1 is 1.21 bits per heavy atom. The summed E-state index contributed by atoms with van der Waals surface area (Å²) in [6.07, 6.45) is 2.20. The van der Waals surface area contributed by atoms with Crippen molar-refractivity contribution in [3.63, 3.8) is 0 Å². The van der Waals surface area contributed by atoms with Crippen molar-refractivity contribution in [1.29, 1.82) is 0 Å². The molecule has 0 radical (unpaired) electrons. The van der Waals surface area contributed by atoms with Gasteiger partial charge < -0.3 is 14.8 Å². The lowest BCUT2D eigenvalue weighted by Crippen LogP contribution is -2.47. The Morgan fingerprint density at radius 3 is 2.71 bits per heavy atom. The van der Waals surface area contributed by atoms with Crippen molar-refractivity contribution in [2.75, 3.05) is 20.1 Å². The topological polar surface area (TPSA) is 37.3 Å². The van der Waals surface area contributed by atoms with Gasteiger partial charge in [0.2, 0.25) is 0 Å². The Hall–Kier alpha value is -2.07. The third kappa shape index (κ3) is 3.11. The Bertz CT molecular complexity index is 747. The molecule has 1 saturated heterocycles. The Labute approximate surface area is 144 Å². The van der Waals surface area contributed by atoms with Crippen LogP contribution in [0.25, 0.3) is 5.69 Å². The van der Waals surface area contributed by atoms with Gasteiger partial charge in [0.05, 0.1) is 5.56 Å². The number of amides is 1. The average molecular weight is 325 g/mol. The molecule has 24 heavy (non-hydrogen) atoms. The van der Waals surface area contributed by atoms with E-state index in [4.69, 9.17) is 0 Å². The zero-order valence-corrected chi connectivity index (χ0v) is 15.1. The molecule has 1 unspecified atom stereocenters. The predicted octanol–water partition coefficient (Wildman–Crippen LogP) is 3.23. The molecule has 1 aliphatic heterocycles.